The lowest BCUT2D eigenvalue weighted by Gasteiger charge is -2.20. The van der Waals surface area contributed by atoms with Crippen molar-refractivity contribution in [2.45, 2.75) is 53.6 Å². The van der Waals surface area contributed by atoms with Gasteiger partial charge in [0.25, 0.3) is 11.8 Å². The number of imide groups is 1. The van der Waals surface area contributed by atoms with Gasteiger partial charge < -0.3 is 15.7 Å². The van der Waals surface area contributed by atoms with Crippen LogP contribution in [0, 0.1) is 27.7 Å². The number of nitrogens with one attached hydrogen (secondary N) is 2. The Balaban J connectivity index is 0.000000153. The van der Waals surface area contributed by atoms with Gasteiger partial charge in [-0.2, -0.15) is 0 Å². The van der Waals surface area contributed by atoms with Crippen LogP contribution in [0.1, 0.15) is 108 Å². The zero-order valence-corrected chi connectivity index (χ0v) is 36.7. The molecule has 3 aliphatic rings. The number of nitrogens with two attached hydrogens (primary N) is 1. The van der Waals surface area contributed by atoms with E-state index in [9.17, 15) is 28.8 Å². The molecular weight excluding hydrogens is 825 g/mol. The van der Waals surface area contributed by atoms with E-state index < -0.39 is 0 Å². The minimum absolute atomic E-state index is 0.0135. The lowest BCUT2D eigenvalue weighted by atomic mass is 9.83. The van der Waals surface area contributed by atoms with E-state index >= 15 is 0 Å². The topological polar surface area (TPSA) is 163 Å². The van der Waals surface area contributed by atoms with Gasteiger partial charge in [-0.1, -0.05) is 47.5 Å². The highest BCUT2D eigenvalue weighted by Gasteiger charge is 2.35. The lowest BCUT2D eigenvalue weighted by molar-refractivity contribution is 0.0641. The summed E-state index contributed by atoms with van der Waals surface area (Å²) in [6.07, 6.45) is 1.26. The monoisotopic (exact) mass is 866 g/mol. The molecule has 0 radical (unpaired) electrons. The van der Waals surface area contributed by atoms with Gasteiger partial charge >= 0.3 is 0 Å². The van der Waals surface area contributed by atoms with Gasteiger partial charge in [0.1, 0.15) is 0 Å². The second-order valence-corrected chi connectivity index (χ2v) is 17.9. The minimum atomic E-state index is -0.322. The third kappa shape index (κ3) is 6.35. The van der Waals surface area contributed by atoms with Crippen LogP contribution in [0.2, 0.25) is 0 Å². The maximum atomic E-state index is 13.6. The van der Waals surface area contributed by atoms with Crippen LogP contribution in [-0.4, -0.2) is 38.2 Å². The van der Waals surface area contributed by atoms with Crippen LogP contribution in [-0.2, 0) is 25.9 Å². The Kier molecular flexibility index (Phi) is 9.25. The highest BCUT2D eigenvalue weighted by molar-refractivity contribution is 6.21. The summed E-state index contributed by atoms with van der Waals surface area (Å²) in [5, 5.41) is 2.33. The van der Waals surface area contributed by atoms with Crippen LogP contribution in [0.15, 0.2) is 119 Å². The molecule has 10 heteroatoms. The smallest absolute Gasteiger partial charge is 0.261 e. The average Bonchev–Trinajstić information content (AvgIpc) is 3.55. The molecule has 3 heterocycles. The molecule has 12 rings (SSSR count). The summed E-state index contributed by atoms with van der Waals surface area (Å²) < 4.78 is 0. The molecule has 2 amide bonds. The van der Waals surface area contributed by atoms with Gasteiger partial charge in [-0.25, -0.2) is 0 Å². The zero-order chi connectivity index (χ0) is 45.9. The van der Waals surface area contributed by atoms with Crippen LogP contribution in [0.5, 0.6) is 0 Å². The number of hydrogen-bond donors (Lipinski definition) is 3. The molecule has 7 aromatic carbocycles. The number of ketones is 2. The lowest BCUT2D eigenvalue weighted by Crippen LogP contribution is -2.29. The molecule has 10 nitrogen and oxygen atoms in total. The normalized spacial score (nSPS) is 13.7. The number of H-pyrrole nitrogens is 2. The first-order valence-electron chi connectivity index (χ1n) is 21.9. The molecule has 4 N–H and O–H groups in total. The molecule has 322 valence electrons. The molecule has 66 heavy (non-hydrogen) atoms. The van der Waals surface area contributed by atoms with E-state index in [1.165, 1.54) is 4.90 Å². The number of benzene rings is 7. The molecule has 0 saturated carbocycles. The van der Waals surface area contributed by atoms with Gasteiger partial charge in [0.15, 0.2) is 22.4 Å². The van der Waals surface area contributed by atoms with Gasteiger partial charge in [0.2, 0.25) is 0 Å². The van der Waals surface area contributed by atoms with Gasteiger partial charge in [-0.3, -0.25) is 33.7 Å². The van der Waals surface area contributed by atoms with Gasteiger partial charge in [0.05, 0.1) is 39.7 Å². The summed E-state index contributed by atoms with van der Waals surface area (Å²) in [4.78, 5) is 86.9. The fourth-order valence-electron chi connectivity index (χ4n) is 10.0. The van der Waals surface area contributed by atoms with Crippen molar-refractivity contribution in [3.8, 4) is 0 Å². The highest BCUT2D eigenvalue weighted by Crippen LogP contribution is 2.34. The average molecular weight is 867 g/mol. The second kappa shape index (κ2) is 15.0. The number of pyridine rings is 2. The molecule has 0 saturated heterocycles. The van der Waals surface area contributed by atoms with Crippen molar-refractivity contribution in [2.24, 2.45) is 5.73 Å². The summed E-state index contributed by atoms with van der Waals surface area (Å²) in [6, 6.07) is 33.5. The molecule has 2 aliphatic carbocycles. The molecule has 0 fully saturated rings. The number of amides is 2. The quantitative estimate of drug-likeness (QED) is 0.118. The predicted molar refractivity (Wildman–Crippen MR) is 257 cm³/mol. The summed E-state index contributed by atoms with van der Waals surface area (Å²) >= 11 is 0. The Morgan fingerprint density at radius 3 is 1.33 bits per heavy atom. The van der Waals surface area contributed by atoms with Gasteiger partial charge in [-0.15, -0.1) is 0 Å². The molecule has 0 spiro atoms. The Morgan fingerprint density at radius 2 is 0.864 bits per heavy atom. The van der Waals surface area contributed by atoms with E-state index in [1.807, 2.05) is 107 Å². The van der Waals surface area contributed by atoms with Crippen molar-refractivity contribution < 1.29 is 19.2 Å². The maximum absolute atomic E-state index is 13.6. The number of aromatic amines is 2. The van der Waals surface area contributed by atoms with Gasteiger partial charge in [-0.05, 0) is 158 Å². The first kappa shape index (κ1) is 40.7. The van der Waals surface area contributed by atoms with E-state index in [0.717, 1.165) is 66.7 Å². The van der Waals surface area contributed by atoms with Crippen molar-refractivity contribution in [1.29, 1.82) is 0 Å². The van der Waals surface area contributed by atoms with E-state index in [0.29, 0.717) is 85.3 Å². The predicted octanol–water partition coefficient (Wildman–Crippen LogP) is 9.12. The first-order valence-corrected chi connectivity index (χ1v) is 21.9. The molecule has 0 unspecified atom stereocenters. The minimum Gasteiger partial charge on any atom is -0.354 e. The summed E-state index contributed by atoms with van der Waals surface area (Å²) in [5.74, 6) is -0.659. The number of aromatic nitrogens is 2. The largest absolute Gasteiger partial charge is 0.354 e. The Bertz CT molecular complexity index is 3820. The summed E-state index contributed by atoms with van der Waals surface area (Å²) in [5.41, 5.74) is 21.3. The molecule has 1 aliphatic heterocycles. The maximum Gasteiger partial charge on any atom is 0.261 e. The van der Waals surface area contributed by atoms with Gasteiger partial charge in [0, 0.05) is 50.3 Å². The molecule has 9 aromatic rings. The zero-order valence-electron chi connectivity index (χ0n) is 36.7. The van der Waals surface area contributed by atoms with E-state index in [-0.39, 0.29) is 40.8 Å². The van der Waals surface area contributed by atoms with Crippen molar-refractivity contribution in [3.05, 3.63) is 219 Å². The van der Waals surface area contributed by atoms with Crippen LogP contribution in [0.4, 0.5) is 0 Å². The first-order chi connectivity index (χ1) is 31.8. The van der Waals surface area contributed by atoms with Crippen LogP contribution >= 0.6 is 0 Å². The number of aryl methyl sites for hydroxylation is 4. The number of fused-ring (bicyclic) bond motifs is 9. The molecule has 2 aromatic heterocycles. The Hall–Kier alpha value is -8.08. The van der Waals surface area contributed by atoms with E-state index in [2.05, 4.69) is 9.97 Å². The fourth-order valence-corrected chi connectivity index (χ4v) is 10.0. The standard InChI is InChI=1S/C32H22N2O4.C24H20N2O2/c1-16-7-8-18-11-19-12-26-28(14-24(19)29(35)23(18)9-16)33-27-13-20(17(2)10-25(27)30(26)36)15-34-31(37)21-5-3-4-6-22(21)32(34)38;1-12-3-4-14-7-15-8-20-22(10-18(15)23(27)17(14)5-12)26-21-9-16(11-25)13(2)6-19(21)24(20)28/h3-10,12-14H,11,15H2,1-2H3,(H,33,36);3-6,8-10H,7,11,25H2,1-2H3,(H,26,28). The Labute approximate surface area is 377 Å². The number of carbonyl (C=O) groups is 4. The summed E-state index contributed by atoms with van der Waals surface area (Å²) in [7, 11) is 0. The van der Waals surface area contributed by atoms with Crippen LogP contribution in [0.25, 0.3) is 43.6 Å². The second-order valence-electron chi connectivity index (χ2n) is 17.9. The number of carbonyl (C=O) groups excluding carboxylic acids is 4. The van der Waals surface area contributed by atoms with E-state index in [1.54, 1.807) is 30.3 Å². The number of rotatable bonds is 3. The molecular formula is C56H42N4O6. The number of nitrogens with zero attached hydrogens (tertiary/aromatic N) is 1. The number of hydrogen-bond acceptors (Lipinski definition) is 7. The summed E-state index contributed by atoms with van der Waals surface area (Å²) in [6.45, 7) is 8.32. The van der Waals surface area contributed by atoms with Crippen molar-refractivity contribution in [2.75, 3.05) is 0 Å². The molecule has 0 atom stereocenters. The fraction of sp³-hybridized carbons (Fsp3) is 0.143. The van der Waals surface area contributed by atoms with Crippen LogP contribution in [0.3, 0.4) is 0 Å². The third-order valence-corrected chi connectivity index (χ3v) is 13.7. The highest BCUT2D eigenvalue weighted by atomic mass is 16.2. The van der Waals surface area contributed by atoms with E-state index in [4.69, 9.17) is 5.73 Å². The SMILES string of the molecule is Cc1ccc2c(c1)C(=O)c1cc3[nH]c4cc(CN)c(C)cc4c(=O)c3cc1C2.Cc1ccc2c(c1)C(=O)c1cc3[nH]c4cc(CN5C(=O)c6ccccc6C5=O)c(C)cc4c(=O)c3cc1C2. The van der Waals surface area contributed by atoms with Crippen molar-refractivity contribution in [1.82, 2.24) is 14.9 Å². The van der Waals surface area contributed by atoms with Crippen molar-refractivity contribution in [3.63, 3.8) is 0 Å². The van der Waals surface area contributed by atoms with Crippen molar-refractivity contribution >= 4 is 67.0 Å². The Morgan fingerprint density at radius 1 is 0.455 bits per heavy atom. The van der Waals surface area contributed by atoms with Crippen LogP contribution < -0.4 is 16.6 Å². The molecule has 0 bridgehead atoms. The third-order valence-electron chi connectivity index (χ3n) is 13.7.